The van der Waals surface area contributed by atoms with E-state index in [0.717, 1.165) is 24.3 Å². The van der Waals surface area contributed by atoms with Crippen LogP contribution < -0.4 is 9.80 Å². The molecule has 0 radical (unpaired) electrons. The van der Waals surface area contributed by atoms with Gasteiger partial charge in [0, 0.05) is 33.0 Å². The Balaban J connectivity index is 1.20. The van der Waals surface area contributed by atoms with Crippen LogP contribution in [0.2, 0.25) is 0 Å². The van der Waals surface area contributed by atoms with Crippen LogP contribution in [0.25, 0.3) is 21.5 Å². The van der Waals surface area contributed by atoms with Crippen LogP contribution in [-0.2, 0) is 5.41 Å². The van der Waals surface area contributed by atoms with Crippen molar-refractivity contribution in [2.75, 3.05) is 9.80 Å². The number of anilines is 2. The number of hydrogen-bond acceptors (Lipinski definition) is 4. The van der Waals surface area contributed by atoms with Crippen LogP contribution in [0.4, 0.5) is 37.7 Å². The molecule has 0 atom stereocenters. The molecule has 0 unspecified atom stereocenters. The third kappa shape index (κ3) is 4.38. The molecule has 12 heteroatoms. The van der Waals surface area contributed by atoms with Crippen LogP contribution in [0.5, 0.6) is 0 Å². The molecule has 8 rings (SSSR count). The molecule has 0 N–H and O–H groups in total. The summed E-state index contributed by atoms with van der Waals surface area (Å²) in [6.45, 7) is 0. The summed E-state index contributed by atoms with van der Waals surface area (Å²) < 4.78 is 90.2. The molecule has 51 heavy (non-hydrogen) atoms. The summed E-state index contributed by atoms with van der Waals surface area (Å²) in [6.07, 6.45) is -11.9. The van der Waals surface area contributed by atoms with E-state index in [2.05, 4.69) is 0 Å². The van der Waals surface area contributed by atoms with Crippen molar-refractivity contribution in [1.82, 2.24) is 0 Å². The van der Waals surface area contributed by atoms with E-state index in [0.29, 0.717) is 55.6 Å². The van der Waals surface area contributed by atoms with Crippen molar-refractivity contribution in [3.05, 3.63) is 155 Å². The van der Waals surface area contributed by atoms with Crippen molar-refractivity contribution < 1.29 is 45.5 Å². The number of nitrogens with zero attached hydrogens (tertiary/aromatic N) is 2. The van der Waals surface area contributed by atoms with Crippen molar-refractivity contribution >= 4 is 56.5 Å². The molecule has 6 nitrogen and oxygen atoms in total. The highest BCUT2D eigenvalue weighted by Gasteiger charge is 2.72. The number of imide groups is 2. The van der Waals surface area contributed by atoms with Crippen LogP contribution in [0.1, 0.15) is 52.6 Å². The lowest BCUT2D eigenvalue weighted by atomic mass is 9.72. The molecule has 6 aromatic carbocycles. The molecular formula is C39H20F6N2O4. The summed E-state index contributed by atoms with van der Waals surface area (Å²) in [5, 5.41) is 2.02. The number of rotatable bonds is 4. The molecule has 252 valence electrons. The SMILES string of the molecule is O=C1c2cccc3cccc(c23)C(=O)N1c1ccc(C(c2ccc(N3C(=O)c4cccc5cccc(c45)C3=O)cc2)(C(F)(F)F)C(F)(F)F)cc1. The summed E-state index contributed by atoms with van der Waals surface area (Å²) in [5.41, 5.74) is -6.91. The number of alkyl halides is 6. The van der Waals surface area contributed by atoms with Gasteiger partial charge in [0.25, 0.3) is 23.6 Å². The fourth-order valence-electron chi connectivity index (χ4n) is 7.23. The van der Waals surface area contributed by atoms with Gasteiger partial charge in [-0.15, -0.1) is 0 Å². The molecule has 4 amide bonds. The van der Waals surface area contributed by atoms with Gasteiger partial charge < -0.3 is 0 Å². The first kappa shape index (κ1) is 31.9. The Morgan fingerprint density at radius 2 is 0.647 bits per heavy atom. The monoisotopic (exact) mass is 694 g/mol. The zero-order valence-electron chi connectivity index (χ0n) is 25.8. The van der Waals surface area contributed by atoms with Gasteiger partial charge in [-0.05, 0) is 70.4 Å². The summed E-state index contributed by atoms with van der Waals surface area (Å²) in [7, 11) is 0. The number of carbonyl (C=O) groups is 4. The molecule has 2 aliphatic rings. The Bertz CT molecular complexity index is 2210. The van der Waals surface area contributed by atoms with E-state index >= 15 is 26.3 Å². The van der Waals surface area contributed by atoms with E-state index in [-0.39, 0.29) is 33.6 Å². The molecule has 6 aromatic rings. The van der Waals surface area contributed by atoms with Gasteiger partial charge in [-0.3, -0.25) is 19.2 Å². The maximum atomic E-state index is 15.0. The third-order valence-corrected chi connectivity index (χ3v) is 9.51. The maximum absolute atomic E-state index is 15.0. The minimum Gasteiger partial charge on any atom is -0.268 e. The van der Waals surface area contributed by atoms with Crippen molar-refractivity contribution in [1.29, 1.82) is 0 Å². The molecule has 0 aliphatic carbocycles. The first-order chi connectivity index (χ1) is 24.3. The van der Waals surface area contributed by atoms with Crippen molar-refractivity contribution in [2.24, 2.45) is 0 Å². The quantitative estimate of drug-likeness (QED) is 0.136. The van der Waals surface area contributed by atoms with Gasteiger partial charge in [0.1, 0.15) is 0 Å². The lowest BCUT2D eigenvalue weighted by Gasteiger charge is -2.38. The van der Waals surface area contributed by atoms with Gasteiger partial charge in [0.05, 0.1) is 11.4 Å². The van der Waals surface area contributed by atoms with Gasteiger partial charge in [-0.1, -0.05) is 72.8 Å². The zero-order valence-corrected chi connectivity index (χ0v) is 25.8. The number of benzene rings is 6. The average molecular weight is 695 g/mol. The van der Waals surface area contributed by atoms with Crippen molar-refractivity contribution in [3.8, 4) is 0 Å². The van der Waals surface area contributed by atoms with Gasteiger partial charge in [0.15, 0.2) is 0 Å². The molecule has 0 saturated carbocycles. The Kier molecular flexibility index (Phi) is 6.79. The first-order valence-electron chi connectivity index (χ1n) is 15.4. The highest BCUT2D eigenvalue weighted by molar-refractivity contribution is 6.36. The summed E-state index contributed by atoms with van der Waals surface area (Å²) in [4.78, 5) is 55.3. The standard InChI is InChI=1S/C39H20F6N2O4/c40-38(41,42)37(39(43,44)45,23-13-17-25(18-14-23)46-33(48)27-9-1-5-21-6-2-10-28(31(21)27)34(46)49)24-15-19-26(20-16-24)47-35(50)29-11-3-7-22-8-4-12-30(32(22)29)36(47)51/h1-20H. The molecule has 0 saturated heterocycles. The van der Waals surface area contributed by atoms with Crippen LogP contribution in [0, 0.1) is 0 Å². The highest BCUT2D eigenvalue weighted by Crippen LogP contribution is 2.56. The Hall–Kier alpha value is -6.30. The first-order valence-corrected chi connectivity index (χ1v) is 15.4. The predicted molar refractivity (Wildman–Crippen MR) is 176 cm³/mol. The van der Waals surface area contributed by atoms with Crippen LogP contribution in [0.15, 0.2) is 121 Å². The van der Waals surface area contributed by atoms with Crippen molar-refractivity contribution in [3.63, 3.8) is 0 Å². The maximum Gasteiger partial charge on any atom is 0.411 e. The second-order valence-electron chi connectivity index (χ2n) is 12.1. The molecule has 2 heterocycles. The van der Waals surface area contributed by atoms with E-state index in [1.54, 1.807) is 48.5 Å². The second kappa shape index (κ2) is 10.8. The highest BCUT2D eigenvalue weighted by atomic mass is 19.4. The topological polar surface area (TPSA) is 74.8 Å². The fourth-order valence-corrected chi connectivity index (χ4v) is 7.23. The zero-order chi connectivity index (χ0) is 36.0. The van der Waals surface area contributed by atoms with E-state index in [9.17, 15) is 19.2 Å². The molecule has 0 spiro atoms. The van der Waals surface area contributed by atoms with Gasteiger partial charge in [-0.2, -0.15) is 26.3 Å². The predicted octanol–water partition coefficient (Wildman–Crippen LogP) is 9.00. The Morgan fingerprint density at radius 1 is 0.373 bits per heavy atom. The minimum atomic E-state index is -5.95. The van der Waals surface area contributed by atoms with E-state index < -0.39 is 52.5 Å². The number of amides is 4. The average Bonchev–Trinajstić information content (AvgIpc) is 3.10. The van der Waals surface area contributed by atoms with E-state index in [4.69, 9.17) is 0 Å². The number of halogens is 6. The molecule has 0 aromatic heterocycles. The lowest BCUT2D eigenvalue weighted by Crippen LogP contribution is -2.54. The summed E-state index contributed by atoms with van der Waals surface area (Å²) in [5.74, 6) is -3.14. The molecule has 0 bridgehead atoms. The smallest absolute Gasteiger partial charge is 0.268 e. The van der Waals surface area contributed by atoms with Gasteiger partial charge in [0.2, 0.25) is 5.41 Å². The fraction of sp³-hybridized carbons (Fsp3) is 0.0769. The summed E-state index contributed by atoms with van der Waals surface area (Å²) in [6, 6.07) is 24.9. The molecule has 2 aliphatic heterocycles. The molecular weight excluding hydrogens is 674 g/mol. The summed E-state index contributed by atoms with van der Waals surface area (Å²) >= 11 is 0. The van der Waals surface area contributed by atoms with Crippen LogP contribution in [0.3, 0.4) is 0 Å². The third-order valence-electron chi connectivity index (χ3n) is 9.51. The van der Waals surface area contributed by atoms with Crippen LogP contribution >= 0.6 is 0 Å². The lowest BCUT2D eigenvalue weighted by molar-refractivity contribution is -0.288. The number of carbonyl (C=O) groups excluding carboxylic acids is 4. The Morgan fingerprint density at radius 3 is 0.902 bits per heavy atom. The van der Waals surface area contributed by atoms with Gasteiger partial charge >= 0.3 is 12.4 Å². The van der Waals surface area contributed by atoms with Crippen LogP contribution in [-0.4, -0.2) is 36.0 Å². The molecule has 0 fully saturated rings. The minimum absolute atomic E-state index is 0.151. The number of hydrogen-bond donors (Lipinski definition) is 0. The largest absolute Gasteiger partial charge is 0.411 e. The van der Waals surface area contributed by atoms with E-state index in [1.807, 2.05) is 0 Å². The van der Waals surface area contributed by atoms with Crippen molar-refractivity contribution in [2.45, 2.75) is 17.8 Å². The normalized spacial score (nSPS) is 14.9. The second-order valence-corrected chi connectivity index (χ2v) is 12.1. The van der Waals surface area contributed by atoms with Gasteiger partial charge in [-0.25, -0.2) is 9.80 Å². The van der Waals surface area contributed by atoms with E-state index in [1.165, 1.54) is 24.3 Å². The Labute approximate surface area is 284 Å².